The molecule has 2 fully saturated rings. The predicted octanol–water partition coefficient (Wildman–Crippen LogP) is 1.65. The maximum Gasteiger partial charge on any atom is 0.315 e. The second kappa shape index (κ2) is 5.04. The average Bonchev–Trinajstić information content (AvgIpc) is 2.99. The van der Waals surface area contributed by atoms with Gasteiger partial charge in [-0.15, -0.1) is 0 Å². The molecule has 2 saturated carbocycles. The fraction of sp³-hybridized carbons (Fsp3) is 0.917. The van der Waals surface area contributed by atoms with E-state index in [1.165, 1.54) is 19.3 Å². The topological polar surface area (TPSA) is 50.4 Å². The predicted molar refractivity (Wildman–Crippen MR) is 62.3 cm³/mol. The van der Waals surface area contributed by atoms with E-state index in [0.29, 0.717) is 11.5 Å². The van der Waals surface area contributed by atoms with Crippen molar-refractivity contribution in [1.29, 1.82) is 0 Å². The first kappa shape index (κ1) is 11.7. The fourth-order valence-corrected chi connectivity index (χ4v) is 2.07. The van der Waals surface area contributed by atoms with Crippen molar-refractivity contribution in [1.82, 2.24) is 10.6 Å². The van der Waals surface area contributed by atoms with Gasteiger partial charge in [-0.1, -0.05) is 0 Å². The molecule has 0 aliphatic heterocycles. The molecule has 0 saturated heterocycles. The van der Waals surface area contributed by atoms with Crippen molar-refractivity contribution in [3.63, 3.8) is 0 Å². The summed E-state index contributed by atoms with van der Waals surface area (Å²) in [6, 6.07) is 0.433. The second-order valence-electron chi connectivity index (χ2n) is 5.20. The van der Waals surface area contributed by atoms with Gasteiger partial charge >= 0.3 is 6.03 Å². The number of amides is 2. The summed E-state index contributed by atoms with van der Waals surface area (Å²) >= 11 is 0. The second-order valence-corrected chi connectivity index (χ2v) is 5.20. The highest BCUT2D eigenvalue weighted by Crippen LogP contribution is 2.48. The Labute approximate surface area is 97.1 Å². The van der Waals surface area contributed by atoms with Gasteiger partial charge in [0, 0.05) is 26.3 Å². The molecule has 0 spiro atoms. The lowest BCUT2D eigenvalue weighted by Gasteiger charge is -2.27. The van der Waals surface area contributed by atoms with E-state index in [4.69, 9.17) is 4.74 Å². The van der Waals surface area contributed by atoms with Gasteiger partial charge < -0.3 is 15.4 Å². The maximum atomic E-state index is 11.5. The van der Waals surface area contributed by atoms with Gasteiger partial charge in [0.1, 0.15) is 0 Å². The largest absolute Gasteiger partial charge is 0.385 e. The van der Waals surface area contributed by atoms with E-state index < -0.39 is 0 Å². The van der Waals surface area contributed by atoms with Gasteiger partial charge in [-0.3, -0.25) is 0 Å². The van der Waals surface area contributed by atoms with Crippen LogP contribution in [-0.4, -0.2) is 32.3 Å². The third kappa shape index (κ3) is 3.11. The molecule has 16 heavy (non-hydrogen) atoms. The molecule has 0 aromatic rings. The Hall–Kier alpha value is -0.770. The Morgan fingerprint density at radius 3 is 2.69 bits per heavy atom. The number of nitrogens with one attached hydrogen (secondary N) is 2. The van der Waals surface area contributed by atoms with E-state index in [0.717, 1.165) is 32.4 Å². The number of methoxy groups -OCH3 is 1. The van der Waals surface area contributed by atoms with E-state index in [1.807, 2.05) is 0 Å². The van der Waals surface area contributed by atoms with Crippen LogP contribution in [0.4, 0.5) is 4.79 Å². The first-order valence-electron chi connectivity index (χ1n) is 6.27. The van der Waals surface area contributed by atoms with Crippen molar-refractivity contribution in [3.8, 4) is 0 Å². The lowest BCUT2D eigenvalue weighted by molar-refractivity contribution is 0.170. The van der Waals surface area contributed by atoms with Crippen LogP contribution in [0.25, 0.3) is 0 Å². The number of carbonyl (C=O) groups excluding carboxylic acids is 1. The Bertz CT molecular complexity index is 247. The Kier molecular flexibility index (Phi) is 3.69. The monoisotopic (exact) mass is 226 g/mol. The minimum Gasteiger partial charge on any atom is -0.385 e. The van der Waals surface area contributed by atoms with Crippen LogP contribution in [0.5, 0.6) is 0 Å². The van der Waals surface area contributed by atoms with Crippen molar-refractivity contribution in [2.45, 2.75) is 44.6 Å². The number of rotatable bonds is 6. The lowest BCUT2D eigenvalue weighted by Crippen LogP contribution is -2.46. The van der Waals surface area contributed by atoms with Gasteiger partial charge in [0.15, 0.2) is 0 Å². The van der Waals surface area contributed by atoms with Gasteiger partial charge in [-0.25, -0.2) is 4.79 Å². The number of urea groups is 1. The van der Waals surface area contributed by atoms with Gasteiger partial charge in [0.25, 0.3) is 0 Å². The molecule has 0 heterocycles. The van der Waals surface area contributed by atoms with Crippen LogP contribution < -0.4 is 10.6 Å². The van der Waals surface area contributed by atoms with Gasteiger partial charge in [-0.2, -0.15) is 0 Å². The highest BCUT2D eigenvalue weighted by atomic mass is 16.5. The molecule has 2 rings (SSSR count). The molecule has 0 unspecified atom stereocenters. The van der Waals surface area contributed by atoms with Crippen LogP contribution in [0.1, 0.15) is 38.5 Å². The molecule has 2 aliphatic rings. The van der Waals surface area contributed by atoms with Gasteiger partial charge in [0.2, 0.25) is 0 Å². The first-order chi connectivity index (χ1) is 7.74. The number of ether oxygens (including phenoxy) is 1. The zero-order valence-corrected chi connectivity index (χ0v) is 10.1. The number of carbonyl (C=O) groups is 1. The molecule has 92 valence electrons. The van der Waals surface area contributed by atoms with E-state index in [1.54, 1.807) is 7.11 Å². The van der Waals surface area contributed by atoms with E-state index in [2.05, 4.69) is 10.6 Å². The molecule has 4 heteroatoms. The molecule has 0 aromatic heterocycles. The Balaban J connectivity index is 1.60. The molecule has 0 radical (unpaired) electrons. The van der Waals surface area contributed by atoms with Crippen molar-refractivity contribution in [2.24, 2.45) is 5.41 Å². The number of hydrogen-bond acceptors (Lipinski definition) is 2. The van der Waals surface area contributed by atoms with E-state index in [-0.39, 0.29) is 6.03 Å². The van der Waals surface area contributed by atoms with Crippen LogP contribution in [0.15, 0.2) is 0 Å². The molecule has 0 aromatic carbocycles. The summed E-state index contributed by atoms with van der Waals surface area (Å²) in [5.41, 5.74) is 0.340. The summed E-state index contributed by atoms with van der Waals surface area (Å²) in [6.45, 7) is 1.60. The zero-order chi connectivity index (χ0) is 11.4. The third-order valence-electron chi connectivity index (χ3n) is 3.86. The fourth-order valence-electron chi connectivity index (χ4n) is 2.07. The minimum absolute atomic E-state index is 0.00777. The average molecular weight is 226 g/mol. The third-order valence-corrected chi connectivity index (χ3v) is 3.86. The molecule has 0 bridgehead atoms. The van der Waals surface area contributed by atoms with Crippen LogP contribution in [0, 0.1) is 5.41 Å². The van der Waals surface area contributed by atoms with E-state index >= 15 is 0 Å². The summed E-state index contributed by atoms with van der Waals surface area (Å²) in [6.07, 6.45) is 7.04. The Morgan fingerprint density at radius 2 is 2.19 bits per heavy atom. The van der Waals surface area contributed by atoms with Crippen LogP contribution in [0.2, 0.25) is 0 Å². The molecule has 0 atom stereocenters. The van der Waals surface area contributed by atoms with Crippen molar-refractivity contribution >= 4 is 6.03 Å². The van der Waals surface area contributed by atoms with Crippen molar-refractivity contribution in [2.75, 3.05) is 20.3 Å². The highest BCUT2D eigenvalue weighted by molar-refractivity contribution is 5.74. The molecule has 4 nitrogen and oxygen atoms in total. The summed E-state index contributed by atoms with van der Waals surface area (Å²) < 4.78 is 5.09. The summed E-state index contributed by atoms with van der Waals surface area (Å²) in [4.78, 5) is 11.5. The van der Waals surface area contributed by atoms with Crippen molar-refractivity contribution in [3.05, 3.63) is 0 Å². The molecule has 2 N–H and O–H groups in total. The maximum absolute atomic E-state index is 11.5. The summed E-state index contributed by atoms with van der Waals surface area (Å²) in [5, 5.41) is 5.98. The summed E-state index contributed by atoms with van der Waals surface area (Å²) in [7, 11) is 1.73. The first-order valence-corrected chi connectivity index (χ1v) is 6.27. The SMILES string of the molecule is COCCC1(CNC(=O)NC2CCC2)CC1. The van der Waals surface area contributed by atoms with Crippen LogP contribution in [0.3, 0.4) is 0 Å². The molecular weight excluding hydrogens is 204 g/mol. The van der Waals surface area contributed by atoms with E-state index in [9.17, 15) is 4.79 Å². The lowest BCUT2D eigenvalue weighted by atomic mass is 9.93. The van der Waals surface area contributed by atoms with Gasteiger partial charge in [-0.05, 0) is 43.9 Å². The number of hydrogen-bond donors (Lipinski definition) is 2. The van der Waals surface area contributed by atoms with Crippen molar-refractivity contribution < 1.29 is 9.53 Å². The normalized spacial score (nSPS) is 22.3. The van der Waals surface area contributed by atoms with Crippen LogP contribution >= 0.6 is 0 Å². The smallest absolute Gasteiger partial charge is 0.315 e. The highest BCUT2D eigenvalue weighted by Gasteiger charge is 2.42. The zero-order valence-electron chi connectivity index (χ0n) is 10.1. The molecular formula is C12H22N2O2. The van der Waals surface area contributed by atoms with Gasteiger partial charge in [0.05, 0.1) is 0 Å². The Morgan fingerprint density at radius 1 is 1.44 bits per heavy atom. The molecule has 2 amide bonds. The standard InChI is InChI=1S/C12H22N2O2/c1-16-8-7-12(5-6-12)9-13-11(15)14-10-3-2-4-10/h10H,2-9H2,1H3,(H2,13,14,15). The minimum atomic E-state index is 0.00777. The summed E-state index contributed by atoms with van der Waals surface area (Å²) in [5.74, 6) is 0. The van der Waals surface area contributed by atoms with Crippen LogP contribution in [-0.2, 0) is 4.74 Å². The quantitative estimate of drug-likeness (QED) is 0.723. The molecule has 2 aliphatic carbocycles.